The van der Waals surface area contributed by atoms with Gasteiger partial charge in [0.2, 0.25) is 0 Å². The second-order valence-electron chi connectivity index (χ2n) is 10.6. The largest absolute Gasteiger partial charge is 0.490 e. The zero-order chi connectivity index (χ0) is 25.2. The summed E-state index contributed by atoms with van der Waals surface area (Å²) < 4.78 is 6.37. The Labute approximate surface area is 223 Å². The maximum Gasteiger partial charge on any atom is 0.253 e. The van der Waals surface area contributed by atoms with E-state index >= 15 is 0 Å². The van der Waals surface area contributed by atoms with Gasteiger partial charge in [0, 0.05) is 66.1 Å². The number of nitrogens with one attached hydrogen (secondary N) is 1. The first-order valence-corrected chi connectivity index (χ1v) is 14.4. The van der Waals surface area contributed by atoms with E-state index in [-0.39, 0.29) is 12.0 Å². The van der Waals surface area contributed by atoms with Crippen molar-refractivity contribution in [1.29, 1.82) is 0 Å². The first kappa shape index (κ1) is 24.3. The molecule has 2 aromatic heterocycles. The van der Waals surface area contributed by atoms with Crippen LogP contribution in [0.25, 0.3) is 10.9 Å². The highest BCUT2D eigenvalue weighted by atomic mass is 32.1. The molecule has 0 saturated carbocycles. The van der Waals surface area contributed by atoms with E-state index in [1.807, 2.05) is 17.0 Å². The molecule has 2 aliphatic rings. The summed E-state index contributed by atoms with van der Waals surface area (Å²) in [7, 11) is 2.16. The van der Waals surface area contributed by atoms with Crippen molar-refractivity contribution in [3.63, 3.8) is 0 Å². The molecule has 192 valence electrons. The number of aryl methyl sites for hydroxylation is 2. The number of piperidine rings is 1. The number of aromatic nitrogens is 1. The highest BCUT2D eigenvalue weighted by Gasteiger charge is 2.26. The Kier molecular flexibility index (Phi) is 7.03. The molecule has 0 atom stereocenters. The van der Waals surface area contributed by atoms with Gasteiger partial charge >= 0.3 is 0 Å². The fourth-order valence-corrected chi connectivity index (χ4v) is 6.63. The van der Waals surface area contributed by atoms with Gasteiger partial charge in [-0.2, -0.15) is 0 Å². The molecule has 0 spiro atoms. The van der Waals surface area contributed by atoms with Crippen LogP contribution in [-0.2, 0) is 25.9 Å². The van der Waals surface area contributed by atoms with E-state index in [1.165, 1.54) is 39.9 Å². The van der Waals surface area contributed by atoms with Gasteiger partial charge in [0.1, 0.15) is 11.9 Å². The number of likely N-dealkylation sites (tertiary alicyclic amines) is 1. The number of rotatable bonds is 7. The summed E-state index contributed by atoms with van der Waals surface area (Å²) >= 11 is 1.80. The number of thiophene rings is 1. The molecule has 5 nitrogen and oxygen atoms in total. The zero-order valence-corrected chi connectivity index (χ0v) is 22.4. The Balaban J connectivity index is 1.04. The second kappa shape index (κ2) is 10.7. The van der Waals surface area contributed by atoms with Gasteiger partial charge < -0.3 is 14.6 Å². The molecule has 1 saturated heterocycles. The van der Waals surface area contributed by atoms with Crippen LogP contribution in [0.4, 0.5) is 0 Å². The van der Waals surface area contributed by atoms with E-state index in [2.05, 4.69) is 64.8 Å². The third kappa shape index (κ3) is 5.46. The van der Waals surface area contributed by atoms with Gasteiger partial charge in [0.25, 0.3) is 5.91 Å². The molecule has 4 aromatic rings. The fraction of sp³-hybridized carbons (Fsp3) is 0.387. The van der Waals surface area contributed by atoms with Crippen molar-refractivity contribution in [2.45, 2.75) is 57.7 Å². The lowest BCUT2D eigenvalue weighted by atomic mass is 9.95. The van der Waals surface area contributed by atoms with Gasteiger partial charge in [-0.25, -0.2) is 0 Å². The zero-order valence-electron chi connectivity index (χ0n) is 21.5. The van der Waals surface area contributed by atoms with Crippen LogP contribution in [0.1, 0.15) is 57.7 Å². The lowest BCUT2D eigenvalue weighted by Gasteiger charge is -2.32. The van der Waals surface area contributed by atoms with Crippen LogP contribution < -0.4 is 4.74 Å². The third-order valence-electron chi connectivity index (χ3n) is 7.73. The van der Waals surface area contributed by atoms with Crippen molar-refractivity contribution in [3.8, 4) is 5.75 Å². The maximum atomic E-state index is 13.3. The Morgan fingerprint density at radius 2 is 1.92 bits per heavy atom. The minimum absolute atomic E-state index is 0.141. The Bertz CT molecular complexity index is 1370. The van der Waals surface area contributed by atoms with Gasteiger partial charge in [-0.1, -0.05) is 18.2 Å². The number of carbonyl (C=O) groups excluding carboxylic acids is 1. The van der Waals surface area contributed by atoms with Crippen LogP contribution in [-0.4, -0.2) is 46.9 Å². The standard InChI is InChI=1S/C31H35N3O2S/c1-33(21-26-8-5-17-37-26)20-22-6-4-7-25(18-22)36-24-13-15-34(16-14-24)31(35)23-11-12-30-28(19-23)27-9-2-3-10-29(27)32-30/h4-8,11-12,17-19,24,32H,2-3,9-10,13-16,20-21H2,1H3. The van der Waals surface area contributed by atoms with Crippen LogP contribution in [0, 0.1) is 0 Å². The van der Waals surface area contributed by atoms with Gasteiger partial charge in [-0.3, -0.25) is 9.69 Å². The average Bonchev–Trinajstić information content (AvgIpc) is 3.56. The molecule has 6 rings (SSSR count). The van der Waals surface area contributed by atoms with Crippen molar-refractivity contribution in [3.05, 3.63) is 87.2 Å². The number of H-pyrrole nitrogens is 1. The fourth-order valence-electron chi connectivity index (χ4n) is 5.84. The predicted octanol–water partition coefficient (Wildman–Crippen LogP) is 6.42. The van der Waals surface area contributed by atoms with E-state index in [4.69, 9.17) is 4.74 Å². The normalized spacial score (nSPS) is 16.3. The monoisotopic (exact) mass is 513 g/mol. The molecule has 0 unspecified atom stereocenters. The lowest BCUT2D eigenvalue weighted by Crippen LogP contribution is -2.41. The average molecular weight is 514 g/mol. The van der Waals surface area contributed by atoms with Crippen LogP contribution in [0.2, 0.25) is 0 Å². The number of carbonyl (C=O) groups is 1. The van der Waals surface area contributed by atoms with Gasteiger partial charge in [0.15, 0.2) is 0 Å². The van der Waals surface area contributed by atoms with Crippen molar-refractivity contribution in [2.24, 2.45) is 0 Å². The molecule has 2 aromatic carbocycles. The van der Waals surface area contributed by atoms with Gasteiger partial charge in [-0.05, 0) is 85.6 Å². The SMILES string of the molecule is CN(Cc1cccc(OC2CCN(C(=O)c3ccc4[nH]c5c(c4c3)CCCC5)CC2)c1)Cc1cccs1. The van der Waals surface area contributed by atoms with Crippen LogP contribution in [0.5, 0.6) is 5.75 Å². The lowest BCUT2D eigenvalue weighted by molar-refractivity contribution is 0.0595. The molecule has 1 N–H and O–H groups in total. The Morgan fingerprint density at radius 3 is 2.76 bits per heavy atom. The molecule has 1 amide bonds. The Morgan fingerprint density at radius 1 is 1.05 bits per heavy atom. The van der Waals surface area contributed by atoms with Crippen LogP contribution in [0.15, 0.2) is 60.0 Å². The molecule has 0 radical (unpaired) electrons. The minimum atomic E-state index is 0.141. The molecule has 1 fully saturated rings. The van der Waals surface area contributed by atoms with Crippen molar-refractivity contribution in [2.75, 3.05) is 20.1 Å². The summed E-state index contributed by atoms with van der Waals surface area (Å²) in [4.78, 5) is 22.6. The first-order valence-electron chi connectivity index (χ1n) is 13.5. The number of hydrogen-bond acceptors (Lipinski definition) is 4. The molecular formula is C31H35N3O2S. The molecule has 1 aliphatic carbocycles. The van der Waals surface area contributed by atoms with Gasteiger partial charge in [-0.15, -0.1) is 11.3 Å². The smallest absolute Gasteiger partial charge is 0.253 e. The molecular weight excluding hydrogens is 478 g/mol. The number of amides is 1. The van der Waals surface area contributed by atoms with E-state index in [9.17, 15) is 4.79 Å². The van der Waals surface area contributed by atoms with Crippen molar-refractivity contribution in [1.82, 2.24) is 14.8 Å². The summed E-state index contributed by atoms with van der Waals surface area (Å²) in [5, 5.41) is 3.36. The number of fused-ring (bicyclic) bond motifs is 3. The van der Waals surface area contributed by atoms with Crippen LogP contribution >= 0.6 is 11.3 Å². The molecule has 3 heterocycles. The third-order valence-corrected chi connectivity index (χ3v) is 8.59. The van der Waals surface area contributed by atoms with E-state index in [0.29, 0.717) is 0 Å². The second-order valence-corrected chi connectivity index (χ2v) is 11.6. The van der Waals surface area contributed by atoms with Crippen LogP contribution in [0.3, 0.4) is 0 Å². The minimum Gasteiger partial charge on any atom is -0.490 e. The molecule has 37 heavy (non-hydrogen) atoms. The number of ether oxygens (including phenoxy) is 1. The first-order chi connectivity index (χ1) is 18.1. The van der Waals surface area contributed by atoms with E-state index in [0.717, 1.165) is 68.7 Å². The van der Waals surface area contributed by atoms with E-state index < -0.39 is 0 Å². The molecule has 0 bridgehead atoms. The van der Waals surface area contributed by atoms with E-state index in [1.54, 1.807) is 11.3 Å². The summed E-state index contributed by atoms with van der Waals surface area (Å²) in [6.07, 6.45) is 6.58. The predicted molar refractivity (Wildman–Crippen MR) is 150 cm³/mol. The molecule has 1 aliphatic heterocycles. The maximum absolute atomic E-state index is 13.3. The highest BCUT2D eigenvalue weighted by Crippen LogP contribution is 2.30. The number of nitrogens with zero attached hydrogens (tertiary/aromatic N) is 2. The molecule has 6 heteroatoms. The van der Waals surface area contributed by atoms with Crippen molar-refractivity contribution < 1.29 is 9.53 Å². The number of benzene rings is 2. The summed E-state index contributed by atoms with van der Waals surface area (Å²) in [5.74, 6) is 1.07. The summed E-state index contributed by atoms with van der Waals surface area (Å²) in [5.41, 5.74) is 6.01. The quantitative estimate of drug-likeness (QED) is 0.310. The topological polar surface area (TPSA) is 48.6 Å². The Hall–Kier alpha value is -3.09. The van der Waals surface area contributed by atoms with Gasteiger partial charge in [0.05, 0.1) is 0 Å². The number of aromatic amines is 1. The highest BCUT2D eigenvalue weighted by molar-refractivity contribution is 7.09. The van der Waals surface area contributed by atoms with Crippen molar-refractivity contribution >= 4 is 28.1 Å². The number of hydrogen-bond donors (Lipinski definition) is 1. The summed E-state index contributed by atoms with van der Waals surface area (Å²) in [6, 6.07) is 18.9. The summed E-state index contributed by atoms with van der Waals surface area (Å²) in [6.45, 7) is 3.30.